The van der Waals surface area contributed by atoms with E-state index in [0.29, 0.717) is 36.8 Å². The van der Waals surface area contributed by atoms with E-state index in [1.165, 1.54) is 32.1 Å². The van der Waals surface area contributed by atoms with Crippen molar-refractivity contribution in [3.8, 4) is 11.5 Å². The van der Waals surface area contributed by atoms with Crippen molar-refractivity contribution >= 4 is 5.91 Å². The number of amides is 1. The third-order valence-electron chi connectivity index (χ3n) is 4.98. The summed E-state index contributed by atoms with van der Waals surface area (Å²) in [7, 11) is 2.21. The Kier molecular flexibility index (Phi) is 5.96. The highest BCUT2D eigenvalue weighted by Crippen LogP contribution is 2.30. The third kappa shape index (κ3) is 4.41. The molecule has 2 aliphatic rings. The van der Waals surface area contributed by atoms with Crippen LogP contribution in [0.4, 0.5) is 0 Å². The van der Waals surface area contributed by atoms with Crippen molar-refractivity contribution in [2.45, 2.75) is 44.6 Å². The Morgan fingerprint density at radius 1 is 1.17 bits per heavy atom. The predicted molar refractivity (Wildman–Crippen MR) is 93.9 cm³/mol. The lowest BCUT2D eigenvalue weighted by Crippen LogP contribution is -2.35. The fourth-order valence-electron chi connectivity index (χ4n) is 3.52. The van der Waals surface area contributed by atoms with Crippen molar-refractivity contribution < 1.29 is 14.3 Å². The molecule has 5 heteroatoms. The molecule has 1 heterocycles. The monoisotopic (exact) mass is 332 g/mol. The number of fused-ring (bicyclic) bond motifs is 1. The number of hydrogen-bond acceptors (Lipinski definition) is 4. The molecule has 1 aliphatic carbocycles. The van der Waals surface area contributed by atoms with Gasteiger partial charge in [0.15, 0.2) is 11.5 Å². The number of hydrogen-bond donors (Lipinski definition) is 1. The molecule has 0 atom stereocenters. The fourth-order valence-corrected chi connectivity index (χ4v) is 3.52. The van der Waals surface area contributed by atoms with Gasteiger partial charge in [0.05, 0.1) is 0 Å². The van der Waals surface area contributed by atoms with E-state index in [9.17, 15) is 4.79 Å². The topological polar surface area (TPSA) is 50.8 Å². The van der Waals surface area contributed by atoms with Crippen LogP contribution in [0.25, 0.3) is 0 Å². The number of ether oxygens (including phenoxy) is 2. The zero-order valence-electron chi connectivity index (χ0n) is 14.6. The molecule has 1 fully saturated rings. The normalized spacial score (nSPS) is 17.8. The summed E-state index contributed by atoms with van der Waals surface area (Å²) in [6.07, 6.45) is 7.71. The van der Waals surface area contributed by atoms with E-state index in [0.717, 1.165) is 19.0 Å². The van der Waals surface area contributed by atoms with Crippen LogP contribution in [0.15, 0.2) is 18.2 Å². The number of carbonyl (C=O) groups is 1. The van der Waals surface area contributed by atoms with Gasteiger partial charge in [0.1, 0.15) is 13.2 Å². The van der Waals surface area contributed by atoms with E-state index in [2.05, 4.69) is 17.3 Å². The Bertz CT molecular complexity index is 556. The average molecular weight is 332 g/mol. The summed E-state index contributed by atoms with van der Waals surface area (Å²) in [4.78, 5) is 14.7. The van der Waals surface area contributed by atoms with Crippen LogP contribution in [0.1, 0.15) is 48.9 Å². The molecule has 132 valence electrons. The molecule has 0 spiro atoms. The molecule has 0 saturated heterocycles. The van der Waals surface area contributed by atoms with Crippen molar-refractivity contribution in [1.29, 1.82) is 0 Å². The highest BCUT2D eigenvalue weighted by molar-refractivity contribution is 5.94. The minimum atomic E-state index is -0.0488. The fraction of sp³-hybridized carbons (Fsp3) is 0.632. The lowest BCUT2D eigenvalue weighted by molar-refractivity contribution is 0.0949. The number of benzene rings is 1. The summed E-state index contributed by atoms with van der Waals surface area (Å²) < 4.78 is 11.0. The predicted octanol–water partition coefficient (Wildman–Crippen LogP) is 2.84. The molecule has 1 N–H and O–H groups in total. The van der Waals surface area contributed by atoms with Gasteiger partial charge < -0.3 is 19.7 Å². The number of carbonyl (C=O) groups excluding carboxylic acids is 1. The second-order valence-electron chi connectivity index (χ2n) is 6.74. The maximum absolute atomic E-state index is 12.3. The number of nitrogens with one attached hydrogen (secondary N) is 1. The maximum atomic E-state index is 12.3. The zero-order chi connectivity index (χ0) is 16.8. The van der Waals surface area contributed by atoms with Crippen molar-refractivity contribution in [3.63, 3.8) is 0 Å². The lowest BCUT2D eigenvalue weighted by Gasteiger charge is -2.31. The van der Waals surface area contributed by atoms with E-state index in [1.807, 2.05) is 0 Å². The van der Waals surface area contributed by atoms with Crippen molar-refractivity contribution in [2.24, 2.45) is 0 Å². The van der Waals surface area contributed by atoms with Gasteiger partial charge in [-0.1, -0.05) is 19.3 Å². The quantitative estimate of drug-likeness (QED) is 0.814. The molecule has 1 aromatic rings. The Labute approximate surface area is 144 Å². The Morgan fingerprint density at radius 3 is 2.71 bits per heavy atom. The van der Waals surface area contributed by atoms with Crippen molar-refractivity contribution in [1.82, 2.24) is 10.2 Å². The van der Waals surface area contributed by atoms with Gasteiger partial charge in [-0.15, -0.1) is 0 Å². The summed E-state index contributed by atoms with van der Waals surface area (Å²) in [5.41, 5.74) is 0.625. The SMILES string of the molecule is CN(CCCNC(=O)c1ccc2c(c1)OCCO2)C1CCCCC1. The summed E-state index contributed by atoms with van der Waals surface area (Å²) in [6, 6.07) is 6.09. The van der Waals surface area contributed by atoms with E-state index in [-0.39, 0.29) is 5.91 Å². The second-order valence-corrected chi connectivity index (χ2v) is 6.74. The van der Waals surface area contributed by atoms with Crippen molar-refractivity contribution in [3.05, 3.63) is 23.8 Å². The molecule has 0 radical (unpaired) electrons. The summed E-state index contributed by atoms with van der Waals surface area (Å²) in [5.74, 6) is 1.32. The molecular formula is C19H28N2O3. The van der Waals surface area contributed by atoms with Crippen LogP contribution in [0.5, 0.6) is 11.5 Å². The first kappa shape index (κ1) is 17.1. The van der Waals surface area contributed by atoms with Gasteiger partial charge in [0.25, 0.3) is 5.91 Å². The van der Waals surface area contributed by atoms with E-state index in [1.54, 1.807) is 18.2 Å². The minimum absolute atomic E-state index is 0.0488. The Hall–Kier alpha value is -1.75. The second kappa shape index (κ2) is 8.38. The first-order valence-corrected chi connectivity index (χ1v) is 9.12. The molecule has 1 saturated carbocycles. The minimum Gasteiger partial charge on any atom is -0.486 e. The van der Waals surface area contributed by atoms with Crippen LogP contribution in [-0.2, 0) is 0 Å². The standard InChI is InChI=1S/C19H28N2O3/c1-21(16-6-3-2-4-7-16)11-5-10-20-19(22)15-8-9-17-18(14-15)24-13-12-23-17/h8-9,14,16H,2-7,10-13H2,1H3,(H,20,22). The molecule has 5 nitrogen and oxygen atoms in total. The average Bonchev–Trinajstić information content (AvgIpc) is 2.65. The van der Waals surface area contributed by atoms with E-state index >= 15 is 0 Å². The molecule has 3 rings (SSSR count). The zero-order valence-corrected chi connectivity index (χ0v) is 14.6. The number of nitrogens with zero attached hydrogens (tertiary/aromatic N) is 1. The van der Waals surface area contributed by atoms with Crippen LogP contribution in [0.3, 0.4) is 0 Å². The lowest BCUT2D eigenvalue weighted by atomic mass is 9.94. The molecular weight excluding hydrogens is 304 g/mol. The molecule has 1 aliphatic heterocycles. The maximum Gasteiger partial charge on any atom is 0.251 e. The highest BCUT2D eigenvalue weighted by atomic mass is 16.6. The summed E-state index contributed by atoms with van der Waals surface area (Å²) in [6.45, 7) is 2.83. The molecule has 0 aromatic heterocycles. The van der Waals surface area contributed by atoms with Gasteiger partial charge in [-0.3, -0.25) is 4.79 Å². The third-order valence-corrected chi connectivity index (χ3v) is 4.98. The van der Waals surface area contributed by atoms with Crippen LogP contribution in [-0.4, -0.2) is 50.2 Å². The van der Waals surface area contributed by atoms with Gasteiger partial charge in [0, 0.05) is 18.2 Å². The summed E-state index contributed by atoms with van der Waals surface area (Å²) in [5, 5.41) is 3.00. The van der Waals surface area contributed by atoms with Crippen LogP contribution >= 0.6 is 0 Å². The van der Waals surface area contributed by atoms with Crippen molar-refractivity contribution in [2.75, 3.05) is 33.4 Å². The first-order chi connectivity index (χ1) is 11.7. The number of rotatable bonds is 6. The summed E-state index contributed by atoms with van der Waals surface area (Å²) >= 11 is 0. The van der Waals surface area contributed by atoms with E-state index < -0.39 is 0 Å². The van der Waals surface area contributed by atoms with Gasteiger partial charge >= 0.3 is 0 Å². The van der Waals surface area contributed by atoms with Crippen LogP contribution in [0, 0.1) is 0 Å². The molecule has 24 heavy (non-hydrogen) atoms. The first-order valence-electron chi connectivity index (χ1n) is 9.12. The van der Waals surface area contributed by atoms with Crippen LogP contribution < -0.4 is 14.8 Å². The van der Waals surface area contributed by atoms with Gasteiger partial charge in [0.2, 0.25) is 0 Å². The largest absolute Gasteiger partial charge is 0.486 e. The molecule has 1 aromatic carbocycles. The smallest absolute Gasteiger partial charge is 0.251 e. The van der Waals surface area contributed by atoms with Crippen LogP contribution in [0.2, 0.25) is 0 Å². The molecule has 0 unspecified atom stereocenters. The Morgan fingerprint density at radius 2 is 1.92 bits per heavy atom. The highest BCUT2D eigenvalue weighted by Gasteiger charge is 2.18. The molecule has 0 bridgehead atoms. The molecule has 1 amide bonds. The van der Waals surface area contributed by atoms with Gasteiger partial charge in [-0.2, -0.15) is 0 Å². The van der Waals surface area contributed by atoms with Gasteiger partial charge in [-0.05, 0) is 51.1 Å². The Balaban J connectivity index is 1.41. The van der Waals surface area contributed by atoms with E-state index in [4.69, 9.17) is 9.47 Å². The van der Waals surface area contributed by atoms with Gasteiger partial charge in [-0.25, -0.2) is 0 Å².